The van der Waals surface area contributed by atoms with Crippen LogP contribution in [-0.4, -0.2) is 48.6 Å². The fourth-order valence-corrected chi connectivity index (χ4v) is 6.57. The van der Waals surface area contributed by atoms with Gasteiger partial charge in [0.25, 0.3) is 0 Å². The molecule has 0 saturated carbocycles. The molecule has 9 nitrogen and oxygen atoms in total. The molecule has 0 amide bonds. The highest BCUT2D eigenvalue weighted by atomic mass is 16.4. The van der Waals surface area contributed by atoms with E-state index in [-0.39, 0.29) is 23.8 Å². The van der Waals surface area contributed by atoms with Gasteiger partial charge in [-0.2, -0.15) is 0 Å². The van der Waals surface area contributed by atoms with Gasteiger partial charge in [0.05, 0.1) is 17.0 Å². The molecule has 0 saturated heterocycles. The molecule has 0 aromatic carbocycles. The van der Waals surface area contributed by atoms with Gasteiger partial charge in [-0.1, -0.05) is 20.8 Å². The van der Waals surface area contributed by atoms with Gasteiger partial charge < -0.3 is 25.5 Å². The summed E-state index contributed by atoms with van der Waals surface area (Å²) < 4.78 is 0. The van der Waals surface area contributed by atoms with Crippen molar-refractivity contribution in [3.05, 3.63) is 68.8 Å². The molecular formula is C34H41N5O4. The van der Waals surface area contributed by atoms with Crippen LogP contribution in [0.4, 0.5) is 0 Å². The highest BCUT2D eigenvalue weighted by Crippen LogP contribution is 2.43. The SMILES string of the molecule is CCNCc1c(C)c2cc3nc(c(C)c4nc(cc5[nH]c(cc1[nH]2)c(C)c5CC)C(C)=C4C(=O)O)[C@@H](CCC(=O)O)[C@@H]3C. The standard InChI is InChI=1S/C34H41N5O4/c1-8-21-16(3)25-13-29-23(15-35-9-2)18(5)24(37-29)12-26-17(4)22(10-11-30(40)41)32(38-26)20(7)33-31(34(42)43)19(6)27(39-33)14-28(21)36-25/h12-14,17,22,35-37H,8-11,15H2,1-7H3,(H,40,41)(H,42,43)/t17-,22-/m0/s1. The Balaban J connectivity index is 1.96. The van der Waals surface area contributed by atoms with E-state index in [0.29, 0.717) is 41.2 Å². The second-order valence-electron chi connectivity index (χ2n) is 11.7. The Labute approximate surface area is 251 Å². The lowest BCUT2D eigenvalue weighted by Gasteiger charge is -2.16. The first kappa shape index (κ1) is 30.2. The van der Waals surface area contributed by atoms with Crippen molar-refractivity contribution < 1.29 is 19.8 Å². The number of allylic oxidation sites excluding steroid dienone is 1. The van der Waals surface area contributed by atoms with Crippen molar-refractivity contribution >= 4 is 45.2 Å². The van der Waals surface area contributed by atoms with E-state index >= 15 is 0 Å². The lowest BCUT2D eigenvalue weighted by Crippen LogP contribution is -2.12. The van der Waals surface area contributed by atoms with E-state index in [4.69, 9.17) is 9.97 Å². The number of aromatic nitrogens is 4. The fourth-order valence-electron chi connectivity index (χ4n) is 6.57. The van der Waals surface area contributed by atoms with E-state index in [1.807, 2.05) is 13.0 Å². The van der Waals surface area contributed by atoms with Gasteiger partial charge in [-0.25, -0.2) is 9.78 Å². The molecule has 43 heavy (non-hydrogen) atoms. The van der Waals surface area contributed by atoms with Crippen LogP contribution < -0.4 is 5.32 Å². The van der Waals surface area contributed by atoms with Crippen LogP contribution in [0.5, 0.6) is 0 Å². The number of fused-ring (bicyclic) bond motifs is 8. The summed E-state index contributed by atoms with van der Waals surface area (Å²) in [6, 6.07) is 6.17. The third kappa shape index (κ3) is 5.38. The van der Waals surface area contributed by atoms with E-state index < -0.39 is 11.9 Å². The molecule has 2 aliphatic heterocycles. The number of aromatic amines is 2. The van der Waals surface area contributed by atoms with Crippen LogP contribution in [0.1, 0.15) is 103 Å². The van der Waals surface area contributed by atoms with Crippen LogP contribution in [0.2, 0.25) is 0 Å². The average Bonchev–Trinajstić information content (AvgIpc) is 3.63. The zero-order valence-electron chi connectivity index (χ0n) is 26.0. The van der Waals surface area contributed by atoms with E-state index in [1.165, 1.54) is 5.56 Å². The summed E-state index contributed by atoms with van der Waals surface area (Å²) in [5.74, 6) is -2.17. The minimum atomic E-state index is -1.05. The molecule has 5 rings (SSSR count). The minimum absolute atomic E-state index is 0.00553. The maximum Gasteiger partial charge on any atom is 0.338 e. The summed E-state index contributed by atoms with van der Waals surface area (Å²) in [5, 5.41) is 23.3. The van der Waals surface area contributed by atoms with Gasteiger partial charge in [-0.15, -0.1) is 0 Å². The number of hydrogen-bond donors (Lipinski definition) is 5. The Morgan fingerprint density at radius 3 is 2.16 bits per heavy atom. The van der Waals surface area contributed by atoms with Crippen molar-refractivity contribution in [2.75, 3.05) is 6.54 Å². The first-order valence-corrected chi connectivity index (χ1v) is 15.1. The van der Waals surface area contributed by atoms with E-state index in [9.17, 15) is 19.8 Å². The molecule has 0 spiro atoms. The van der Waals surface area contributed by atoms with E-state index in [2.05, 4.69) is 62.0 Å². The van der Waals surface area contributed by atoms with Crippen molar-refractivity contribution in [1.82, 2.24) is 25.3 Å². The van der Waals surface area contributed by atoms with Crippen LogP contribution in [-0.2, 0) is 22.6 Å². The van der Waals surface area contributed by atoms with Crippen LogP contribution in [0.15, 0.2) is 18.2 Å². The second-order valence-corrected chi connectivity index (χ2v) is 11.7. The number of aliphatic carboxylic acids is 2. The Morgan fingerprint density at radius 1 is 0.884 bits per heavy atom. The maximum absolute atomic E-state index is 12.6. The summed E-state index contributed by atoms with van der Waals surface area (Å²) in [4.78, 5) is 41.4. The number of H-pyrrole nitrogens is 2. The van der Waals surface area contributed by atoms with Gasteiger partial charge >= 0.3 is 11.9 Å². The topological polar surface area (TPSA) is 144 Å². The highest BCUT2D eigenvalue weighted by Gasteiger charge is 2.33. The molecule has 2 atom stereocenters. The summed E-state index contributed by atoms with van der Waals surface area (Å²) in [5.41, 5.74) is 12.4. The number of nitrogens with zero attached hydrogens (tertiary/aromatic N) is 2. The van der Waals surface area contributed by atoms with Crippen LogP contribution in [0, 0.1) is 20.8 Å². The predicted molar refractivity (Wildman–Crippen MR) is 170 cm³/mol. The molecule has 2 aliphatic rings. The third-order valence-corrected chi connectivity index (χ3v) is 9.19. The Kier molecular flexibility index (Phi) is 8.29. The molecule has 3 aromatic rings. The molecule has 0 unspecified atom stereocenters. The Morgan fingerprint density at radius 2 is 1.53 bits per heavy atom. The highest BCUT2D eigenvalue weighted by molar-refractivity contribution is 6.24. The molecule has 0 radical (unpaired) electrons. The van der Waals surface area contributed by atoms with Crippen LogP contribution in [0.25, 0.3) is 33.2 Å². The first-order valence-electron chi connectivity index (χ1n) is 15.1. The molecule has 226 valence electrons. The quantitative estimate of drug-likeness (QED) is 0.199. The first-order chi connectivity index (χ1) is 20.5. The minimum Gasteiger partial charge on any atom is -0.481 e. The molecule has 3 aromatic heterocycles. The zero-order chi connectivity index (χ0) is 31.2. The number of hydrogen-bond acceptors (Lipinski definition) is 5. The van der Waals surface area contributed by atoms with E-state index in [0.717, 1.165) is 57.4 Å². The molecule has 5 heterocycles. The maximum atomic E-state index is 12.6. The second kappa shape index (κ2) is 11.8. The van der Waals surface area contributed by atoms with Crippen molar-refractivity contribution in [2.45, 2.75) is 86.1 Å². The average molecular weight is 584 g/mol. The van der Waals surface area contributed by atoms with Crippen molar-refractivity contribution in [3.8, 4) is 0 Å². The monoisotopic (exact) mass is 583 g/mol. The van der Waals surface area contributed by atoms with Gasteiger partial charge in [0.1, 0.15) is 0 Å². The van der Waals surface area contributed by atoms with E-state index in [1.54, 1.807) is 6.92 Å². The number of rotatable bonds is 8. The Hall–Kier alpha value is -4.24. The van der Waals surface area contributed by atoms with Gasteiger partial charge in [0, 0.05) is 58.3 Å². The number of carboxylic acids is 2. The molecule has 5 N–H and O–H groups in total. The molecule has 0 fully saturated rings. The summed E-state index contributed by atoms with van der Waals surface area (Å²) >= 11 is 0. The number of aryl methyl sites for hydroxylation is 3. The number of nitrogens with one attached hydrogen (secondary N) is 3. The molecule has 0 aliphatic carbocycles. The van der Waals surface area contributed by atoms with Crippen molar-refractivity contribution in [3.63, 3.8) is 0 Å². The predicted octanol–water partition coefficient (Wildman–Crippen LogP) is 6.68. The largest absolute Gasteiger partial charge is 0.481 e. The van der Waals surface area contributed by atoms with Crippen LogP contribution >= 0.6 is 0 Å². The van der Waals surface area contributed by atoms with Crippen LogP contribution in [0.3, 0.4) is 0 Å². The normalized spacial score (nSPS) is 16.6. The zero-order valence-corrected chi connectivity index (χ0v) is 26.0. The molecule has 8 bridgehead atoms. The summed E-state index contributed by atoms with van der Waals surface area (Å²) in [6.45, 7) is 15.7. The smallest absolute Gasteiger partial charge is 0.338 e. The van der Waals surface area contributed by atoms with Gasteiger partial charge in [-0.05, 0) is 98.7 Å². The van der Waals surface area contributed by atoms with Gasteiger partial charge in [0.2, 0.25) is 0 Å². The summed E-state index contributed by atoms with van der Waals surface area (Å²) in [6.07, 6.45) is 1.19. The summed E-state index contributed by atoms with van der Waals surface area (Å²) in [7, 11) is 0. The Bertz CT molecular complexity index is 1830. The lowest BCUT2D eigenvalue weighted by molar-refractivity contribution is -0.137. The third-order valence-electron chi connectivity index (χ3n) is 9.19. The van der Waals surface area contributed by atoms with Gasteiger partial charge in [-0.3, -0.25) is 9.78 Å². The fraction of sp³-hybridized carbons (Fsp3) is 0.412. The van der Waals surface area contributed by atoms with Gasteiger partial charge in [0.15, 0.2) is 0 Å². The lowest BCUT2D eigenvalue weighted by atomic mass is 9.85. The van der Waals surface area contributed by atoms with Crippen molar-refractivity contribution in [2.24, 2.45) is 0 Å². The number of carbonyl (C=O) groups is 2. The molecule has 9 heteroatoms. The number of carboxylic acid groups (broad SMARTS) is 2. The van der Waals surface area contributed by atoms with Crippen molar-refractivity contribution in [1.29, 1.82) is 0 Å². The molecular weight excluding hydrogens is 542 g/mol.